The second-order valence-electron chi connectivity index (χ2n) is 6.52. The summed E-state index contributed by atoms with van der Waals surface area (Å²) in [7, 11) is 0. The molecule has 3 N–H and O–H groups in total. The first-order chi connectivity index (χ1) is 10.2. The Labute approximate surface area is 130 Å². The fourth-order valence-electron chi connectivity index (χ4n) is 3.32. The second-order valence-corrected chi connectivity index (χ2v) is 6.52. The monoisotopic (exact) mass is 297 g/mol. The van der Waals surface area contributed by atoms with Gasteiger partial charge in [-0.1, -0.05) is 39.0 Å². The average Bonchev–Trinajstić information content (AvgIpc) is 2.72. The number of hydrogen-bond donors (Lipinski definition) is 2. The lowest BCUT2D eigenvalue weighted by atomic mass is 10.1. The predicted octanol–water partition coefficient (Wildman–Crippen LogP) is 2.66. The van der Waals surface area contributed by atoms with E-state index in [1.165, 1.54) is 38.5 Å². The van der Waals surface area contributed by atoms with Crippen molar-refractivity contribution in [3.63, 3.8) is 0 Å². The van der Waals surface area contributed by atoms with E-state index < -0.39 is 0 Å². The molecule has 1 rings (SSSR count). The SMILES string of the molecule is CCCC(C)NC(=O)CN(CCCN)C1CCCCCC1. The molecule has 1 atom stereocenters. The van der Waals surface area contributed by atoms with Crippen LogP contribution in [0.1, 0.15) is 71.6 Å². The van der Waals surface area contributed by atoms with E-state index in [1.807, 2.05) is 0 Å². The maximum absolute atomic E-state index is 12.2. The van der Waals surface area contributed by atoms with E-state index in [2.05, 4.69) is 24.1 Å². The third-order valence-electron chi connectivity index (χ3n) is 4.47. The van der Waals surface area contributed by atoms with E-state index in [-0.39, 0.29) is 11.9 Å². The molecule has 0 aromatic carbocycles. The predicted molar refractivity (Wildman–Crippen MR) is 89.2 cm³/mol. The van der Waals surface area contributed by atoms with Crippen molar-refractivity contribution < 1.29 is 4.79 Å². The van der Waals surface area contributed by atoms with Gasteiger partial charge >= 0.3 is 0 Å². The molecule has 0 radical (unpaired) electrons. The summed E-state index contributed by atoms with van der Waals surface area (Å²) in [5.41, 5.74) is 5.66. The Morgan fingerprint density at radius 3 is 2.52 bits per heavy atom. The zero-order valence-corrected chi connectivity index (χ0v) is 14.1. The van der Waals surface area contributed by atoms with Crippen molar-refractivity contribution in [2.45, 2.75) is 83.7 Å². The van der Waals surface area contributed by atoms with Crippen molar-refractivity contribution >= 4 is 5.91 Å². The zero-order chi connectivity index (χ0) is 15.5. The van der Waals surface area contributed by atoms with E-state index >= 15 is 0 Å². The van der Waals surface area contributed by atoms with Crippen molar-refractivity contribution in [3.05, 3.63) is 0 Å². The van der Waals surface area contributed by atoms with Crippen LogP contribution in [0.4, 0.5) is 0 Å². The van der Waals surface area contributed by atoms with Crippen molar-refractivity contribution in [2.24, 2.45) is 5.73 Å². The van der Waals surface area contributed by atoms with Gasteiger partial charge in [0.05, 0.1) is 6.54 Å². The topological polar surface area (TPSA) is 58.4 Å². The van der Waals surface area contributed by atoms with Gasteiger partial charge < -0.3 is 11.1 Å². The highest BCUT2D eigenvalue weighted by Gasteiger charge is 2.22. The molecule has 1 unspecified atom stereocenters. The number of hydrogen-bond acceptors (Lipinski definition) is 3. The maximum atomic E-state index is 12.2. The zero-order valence-electron chi connectivity index (χ0n) is 14.1. The highest BCUT2D eigenvalue weighted by Crippen LogP contribution is 2.22. The first kappa shape index (κ1) is 18.4. The molecule has 0 saturated heterocycles. The molecule has 1 amide bonds. The first-order valence-electron chi connectivity index (χ1n) is 8.90. The van der Waals surface area contributed by atoms with Crippen LogP contribution >= 0.6 is 0 Å². The lowest BCUT2D eigenvalue weighted by Gasteiger charge is -2.31. The van der Waals surface area contributed by atoms with E-state index in [4.69, 9.17) is 5.73 Å². The van der Waals surface area contributed by atoms with E-state index in [9.17, 15) is 4.79 Å². The highest BCUT2D eigenvalue weighted by molar-refractivity contribution is 5.78. The van der Waals surface area contributed by atoms with Gasteiger partial charge in [0.2, 0.25) is 5.91 Å². The Hall–Kier alpha value is -0.610. The van der Waals surface area contributed by atoms with Gasteiger partial charge in [-0.05, 0) is 39.2 Å². The maximum Gasteiger partial charge on any atom is 0.234 e. The van der Waals surface area contributed by atoms with Crippen molar-refractivity contribution in [1.29, 1.82) is 0 Å². The lowest BCUT2D eigenvalue weighted by molar-refractivity contribution is -0.123. The summed E-state index contributed by atoms with van der Waals surface area (Å²) in [6, 6.07) is 0.860. The highest BCUT2D eigenvalue weighted by atomic mass is 16.2. The Kier molecular flexibility index (Phi) is 9.68. The average molecular weight is 297 g/mol. The third-order valence-corrected chi connectivity index (χ3v) is 4.47. The van der Waals surface area contributed by atoms with Crippen LogP contribution in [-0.2, 0) is 4.79 Å². The molecular weight excluding hydrogens is 262 g/mol. The van der Waals surface area contributed by atoms with Crippen LogP contribution in [0.15, 0.2) is 0 Å². The minimum atomic E-state index is 0.178. The fraction of sp³-hybridized carbons (Fsp3) is 0.941. The van der Waals surface area contributed by atoms with E-state index in [0.717, 1.165) is 25.8 Å². The van der Waals surface area contributed by atoms with Crippen LogP contribution in [0.2, 0.25) is 0 Å². The van der Waals surface area contributed by atoms with Gasteiger partial charge in [-0.15, -0.1) is 0 Å². The molecule has 21 heavy (non-hydrogen) atoms. The summed E-state index contributed by atoms with van der Waals surface area (Å²) in [6.07, 6.45) is 10.9. The molecular formula is C17H35N3O. The number of nitrogens with two attached hydrogens (primary N) is 1. The number of amides is 1. The first-order valence-corrected chi connectivity index (χ1v) is 8.90. The van der Waals surface area contributed by atoms with Crippen molar-refractivity contribution in [3.8, 4) is 0 Å². The molecule has 0 aromatic rings. The van der Waals surface area contributed by atoms with Crippen LogP contribution in [0.5, 0.6) is 0 Å². The van der Waals surface area contributed by atoms with Gasteiger partial charge in [-0.3, -0.25) is 9.69 Å². The Morgan fingerprint density at radius 1 is 1.29 bits per heavy atom. The van der Waals surface area contributed by atoms with Crippen LogP contribution in [0.25, 0.3) is 0 Å². The van der Waals surface area contributed by atoms with Crippen LogP contribution < -0.4 is 11.1 Å². The Balaban J connectivity index is 2.49. The Morgan fingerprint density at radius 2 is 1.95 bits per heavy atom. The summed E-state index contributed by atoms with van der Waals surface area (Å²) in [6.45, 7) is 6.45. The van der Waals surface area contributed by atoms with Crippen molar-refractivity contribution in [1.82, 2.24) is 10.2 Å². The molecule has 4 heteroatoms. The smallest absolute Gasteiger partial charge is 0.234 e. The fourth-order valence-corrected chi connectivity index (χ4v) is 3.32. The molecule has 0 aliphatic heterocycles. The van der Waals surface area contributed by atoms with Gasteiger partial charge in [0, 0.05) is 18.6 Å². The molecule has 1 aliphatic rings. The molecule has 1 aliphatic carbocycles. The van der Waals surface area contributed by atoms with Crippen LogP contribution in [-0.4, -0.2) is 42.5 Å². The number of carbonyl (C=O) groups is 1. The van der Waals surface area contributed by atoms with Gasteiger partial charge in [0.15, 0.2) is 0 Å². The molecule has 0 aromatic heterocycles. The minimum Gasteiger partial charge on any atom is -0.353 e. The van der Waals surface area contributed by atoms with Crippen LogP contribution in [0, 0.1) is 0 Å². The summed E-state index contributed by atoms with van der Waals surface area (Å²) in [5.74, 6) is 0.178. The van der Waals surface area contributed by atoms with E-state index in [0.29, 0.717) is 19.1 Å². The number of carbonyl (C=O) groups excluding carboxylic acids is 1. The number of rotatable bonds is 9. The van der Waals surface area contributed by atoms with Crippen molar-refractivity contribution in [2.75, 3.05) is 19.6 Å². The van der Waals surface area contributed by atoms with Gasteiger partial charge in [-0.25, -0.2) is 0 Å². The van der Waals surface area contributed by atoms with Crippen LogP contribution in [0.3, 0.4) is 0 Å². The summed E-state index contributed by atoms with van der Waals surface area (Å²) in [5, 5.41) is 3.13. The molecule has 0 heterocycles. The van der Waals surface area contributed by atoms with Gasteiger partial charge in [-0.2, -0.15) is 0 Å². The standard InChI is InChI=1S/C17H35N3O/c1-3-9-15(2)19-17(21)14-20(13-8-12-18)16-10-6-4-5-7-11-16/h15-16H,3-14,18H2,1-2H3,(H,19,21). The third kappa shape index (κ3) is 7.82. The quantitative estimate of drug-likeness (QED) is 0.643. The molecule has 0 bridgehead atoms. The Bertz CT molecular complexity index is 275. The molecule has 0 spiro atoms. The summed E-state index contributed by atoms with van der Waals surface area (Å²) in [4.78, 5) is 14.6. The lowest BCUT2D eigenvalue weighted by Crippen LogP contribution is -2.45. The largest absolute Gasteiger partial charge is 0.353 e. The van der Waals surface area contributed by atoms with Gasteiger partial charge in [0.25, 0.3) is 0 Å². The van der Waals surface area contributed by atoms with Gasteiger partial charge in [0.1, 0.15) is 0 Å². The summed E-state index contributed by atoms with van der Waals surface area (Å²) < 4.78 is 0. The molecule has 4 nitrogen and oxygen atoms in total. The normalized spacial score (nSPS) is 18.5. The molecule has 1 saturated carbocycles. The minimum absolute atomic E-state index is 0.178. The van der Waals surface area contributed by atoms with E-state index in [1.54, 1.807) is 0 Å². The molecule has 124 valence electrons. The number of nitrogens with zero attached hydrogens (tertiary/aromatic N) is 1. The second kappa shape index (κ2) is 11.0. The molecule has 1 fully saturated rings. The number of nitrogens with one attached hydrogen (secondary N) is 1. The summed E-state index contributed by atoms with van der Waals surface area (Å²) >= 11 is 0.